The number of ether oxygens (including phenoxy) is 1. The van der Waals surface area contributed by atoms with Crippen LogP contribution in [0.2, 0.25) is 0 Å². The Morgan fingerprint density at radius 1 is 0.917 bits per heavy atom. The van der Waals surface area contributed by atoms with E-state index in [1.54, 1.807) is 6.08 Å². The number of hydrogen-bond donors (Lipinski definition) is 3. The molecule has 0 bridgehead atoms. The molecule has 5 heteroatoms. The Kier molecular flexibility index (Phi) is 15.0. The van der Waals surface area contributed by atoms with E-state index in [0.717, 1.165) is 51.4 Å². The highest BCUT2D eigenvalue weighted by atomic mass is 16.5. The average molecular weight is 344 g/mol. The Morgan fingerprint density at radius 2 is 1.54 bits per heavy atom. The molecule has 0 saturated carbocycles. The van der Waals surface area contributed by atoms with Gasteiger partial charge in [-0.3, -0.25) is 4.79 Å². The molecule has 0 radical (unpaired) electrons. The first-order valence-electron chi connectivity index (χ1n) is 9.30. The van der Waals surface area contributed by atoms with Crippen molar-refractivity contribution < 1.29 is 24.9 Å². The minimum absolute atomic E-state index is 0.169. The van der Waals surface area contributed by atoms with Crippen molar-refractivity contribution in [2.75, 3.05) is 7.11 Å². The summed E-state index contributed by atoms with van der Waals surface area (Å²) in [4.78, 5) is 10.9. The van der Waals surface area contributed by atoms with Crippen molar-refractivity contribution in [1.82, 2.24) is 0 Å². The monoisotopic (exact) mass is 344 g/mol. The van der Waals surface area contributed by atoms with E-state index in [1.165, 1.54) is 13.2 Å². The summed E-state index contributed by atoms with van der Waals surface area (Å²) in [6.45, 7) is 2.11. The molecular weight excluding hydrogens is 308 g/mol. The lowest BCUT2D eigenvalue weighted by Crippen LogP contribution is -2.24. The van der Waals surface area contributed by atoms with Gasteiger partial charge in [0.1, 0.15) is 0 Å². The highest BCUT2D eigenvalue weighted by Crippen LogP contribution is 2.12. The Balaban J connectivity index is 3.67. The number of aliphatic hydroxyl groups excluding tert-OH is 3. The number of carbonyl (C=O) groups excluding carboxylic acids is 1. The van der Waals surface area contributed by atoms with Gasteiger partial charge in [0, 0.05) is 6.42 Å². The first kappa shape index (κ1) is 23.1. The van der Waals surface area contributed by atoms with E-state index in [9.17, 15) is 20.1 Å². The predicted octanol–water partition coefficient (Wildman–Crippen LogP) is 3.11. The molecule has 0 fully saturated rings. The van der Waals surface area contributed by atoms with E-state index in [-0.39, 0.29) is 5.97 Å². The minimum atomic E-state index is -0.926. The lowest BCUT2D eigenvalue weighted by atomic mass is 10.0. The van der Waals surface area contributed by atoms with Gasteiger partial charge in [-0.15, -0.1) is 0 Å². The maximum absolute atomic E-state index is 10.9. The van der Waals surface area contributed by atoms with Crippen LogP contribution in [0.1, 0.15) is 77.6 Å². The fourth-order valence-electron chi connectivity index (χ4n) is 2.50. The number of aliphatic hydroxyl groups is 3. The van der Waals surface area contributed by atoms with Crippen LogP contribution < -0.4 is 0 Å². The van der Waals surface area contributed by atoms with Crippen molar-refractivity contribution in [2.24, 2.45) is 0 Å². The zero-order valence-electron chi connectivity index (χ0n) is 15.3. The van der Waals surface area contributed by atoms with Gasteiger partial charge >= 0.3 is 5.97 Å². The molecule has 0 spiro atoms. The van der Waals surface area contributed by atoms with Crippen LogP contribution in [0.15, 0.2) is 12.2 Å². The van der Waals surface area contributed by atoms with Gasteiger partial charge in [-0.25, -0.2) is 0 Å². The predicted molar refractivity (Wildman–Crippen MR) is 95.6 cm³/mol. The van der Waals surface area contributed by atoms with E-state index in [2.05, 4.69) is 11.7 Å². The van der Waals surface area contributed by atoms with Crippen LogP contribution in [-0.4, -0.2) is 46.7 Å². The molecule has 142 valence electrons. The summed E-state index contributed by atoms with van der Waals surface area (Å²) >= 11 is 0. The van der Waals surface area contributed by atoms with Gasteiger partial charge in [0.2, 0.25) is 0 Å². The largest absolute Gasteiger partial charge is 0.469 e. The number of unbranched alkanes of at least 4 members (excludes halogenated alkanes) is 6. The zero-order chi connectivity index (χ0) is 18.2. The fourth-order valence-corrected chi connectivity index (χ4v) is 2.50. The molecule has 0 amide bonds. The second-order valence-electron chi connectivity index (χ2n) is 6.39. The normalized spacial score (nSPS) is 15.4. The van der Waals surface area contributed by atoms with Crippen LogP contribution >= 0.6 is 0 Å². The van der Waals surface area contributed by atoms with Gasteiger partial charge in [-0.05, 0) is 19.3 Å². The molecule has 0 aromatic heterocycles. The topological polar surface area (TPSA) is 87.0 Å². The highest BCUT2D eigenvalue weighted by Gasteiger charge is 2.13. The van der Waals surface area contributed by atoms with Crippen LogP contribution in [0.3, 0.4) is 0 Å². The molecule has 0 saturated heterocycles. The highest BCUT2D eigenvalue weighted by molar-refractivity contribution is 5.68. The van der Waals surface area contributed by atoms with Crippen LogP contribution in [0.25, 0.3) is 0 Å². The summed E-state index contributed by atoms with van der Waals surface area (Å²) < 4.78 is 4.58. The summed E-state index contributed by atoms with van der Waals surface area (Å²) in [6.07, 6.45) is 10.3. The van der Waals surface area contributed by atoms with Crippen molar-refractivity contribution >= 4 is 5.97 Å². The second kappa shape index (κ2) is 15.6. The third-order valence-corrected chi connectivity index (χ3v) is 4.14. The SMILES string of the molecule is CCCCC[C@H](O)/C=C/[C@@H](O)[C@@H](O)CCCCCCCC(=O)OC. The van der Waals surface area contributed by atoms with E-state index in [0.29, 0.717) is 19.3 Å². The van der Waals surface area contributed by atoms with Gasteiger partial charge in [0.15, 0.2) is 0 Å². The van der Waals surface area contributed by atoms with Crippen molar-refractivity contribution in [3.63, 3.8) is 0 Å². The van der Waals surface area contributed by atoms with Gasteiger partial charge < -0.3 is 20.1 Å². The molecule has 3 N–H and O–H groups in total. The Labute approximate surface area is 146 Å². The van der Waals surface area contributed by atoms with Gasteiger partial charge in [-0.2, -0.15) is 0 Å². The molecule has 0 aliphatic heterocycles. The number of methoxy groups -OCH3 is 1. The summed E-state index contributed by atoms with van der Waals surface area (Å²) in [7, 11) is 1.40. The van der Waals surface area contributed by atoms with Crippen LogP contribution in [0.5, 0.6) is 0 Å². The van der Waals surface area contributed by atoms with E-state index in [4.69, 9.17) is 0 Å². The van der Waals surface area contributed by atoms with Crippen LogP contribution in [0.4, 0.5) is 0 Å². The number of esters is 1. The number of carbonyl (C=O) groups is 1. The molecule has 0 aromatic rings. The van der Waals surface area contributed by atoms with Crippen LogP contribution in [-0.2, 0) is 9.53 Å². The third kappa shape index (κ3) is 13.5. The van der Waals surface area contributed by atoms with E-state index < -0.39 is 18.3 Å². The fraction of sp³-hybridized carbons (Fsp3) is 0.842. The lowest BCUT2D eigenvalue weighted by Gasteiger charge is -2.15. The van der Waals surface area contributed by atoms with Gasteiger partial charge in [-0.1, -0.05) is 64.0 Å². The second-order valence-corrected chi connectivity index (χ2v) is 6.39. The average Bonchev–Trinajstić information content (AvgIpc) is 2.58. The van der Waals surface area contributed by atoms with Gasteiger partial charge in [0.25, 0.3) is 0 Å². The lowest BCUT2D eigenvalue weighted by molar-refractivity contribution is -0.140. The first-order valence-corrected chi connectivity index (χ1v) is 9.30. The molecule has 5 nitrogen and oxygen atoms in total. The molecule has 0 heterocycles. The molecule has 0 rings (SSSR count). The third-order valence-electron chi connectivity index (χ3n) is 4.14. The van der Waals surface area contributed by atoms with Crippen molar-refractivity contribution in [2.45, 2.75) is 95.9 Å². The first-order chi connectivity index (χ1) is 11.5. The molecule has 0 aromatic carbocycles. The summed E-state index contributed by atoms with van der Waals surface area (Å²) in [6, 6.07) is 0. The molecule has 24 heavy (non-hydrogen) atoms. The minimum Gasteiger partial charge on any atom is -0.469 e. The quantitative estimate of drug-likeness (QED) is 0.241. The summed E-state index contributed by atoms with van der Waals surface area (Å²) in [5, 5.41) is 29.5. The molecule has 0 aliphatic carbocycles. The zero-order valence-corrected chi connectivity index (χ0v) is 15.3. The van der Waals surface area contributed by atoms with E-state index >= 15 is 0 Å². The number of hydrogen-bond acceptors (Lipinski definition) is 5. The maximum atomic E-state index is 10.9. The Morgan fingerprint density at radius 3 is 2.21 bits per heavy atom. The van der Waals surface area contributed by atoms with Crippen molar-refractivity contribution in [3.05, 3.63) is 12.2 Å². The maximum Gasteiger partial charge on any atom is 0.305 e. The standard InChI is InChI=1S/C19H36O5/c1-3-4-8-11-16(20)14-15-18(22)17(21)12-9-6-5-7-10-13-19(23)24-2/h14-18,20-22H,3-13H2,1-2H3/b15-14+/t16-,17-,18+/m0/s1. The van der Waals surface area contributed by atoms with Crippen molar-refractivity contribution in [1.29, 1.82) is 0 Å². The van der Waals surface area contributed by atoms with Gasteiger partial charge in [0.05, 0.1) is 25.4 Å². The van der Waals surface area contributed by atoms with Crippen molar-refractivity contribution in [3.8, 4) is 0 Å². The van der Waals surface area contributed by atoms with Crippen LogP contribution in [0, 0.1) is 0 Å². The summed E-state index contributed by atoms with van der Waals surface area (Å²) in [5.74, 6) is -0.169. The van der Waals surface area contributed by atoms with E-state index in [1.807, 2.05) is 0 Å². The number of rotatable bonds is 15. The summed E-state index contributed by atoms with van der Waals surface area (Å²) in [5.41, 5.74) is 0. The molecule has 3 atom stereocenters. The molecular formula is C19H36O5. The molecule has 0 unspecified atom stereocenters. The molecule has 0 aliphatic rings. The smallest absolute Gasteiger partial charge is 0.305 e. The Hall–Kier alpha value is -0.910. The Bertz CT molecular complexity index is 330.